The van der Waals surface area contributed by atoms with E-state index in [1.54, 1.807) is 0 Å². The van der Waals surface area contributed by atoms with E-state index in [0.29, 0.717) is 12.8 Å². The first-order valence-corrected chi connectivity index (χ1v) is 19.8. The molecular weight excluding hydrogens is 598 g/mol. The lowest BCUT2D eigenvalue weighted by molar-refractivity contribution is -0.150. The molecule has 1 unspecified atom stereocenters. The van der Waals surface area contributed by atoms with Crippen molar-refractivity contribution in [1.29, 1.82) is 0 Å². The summed E-state index contributed by atoms with van der Waals surface area (Å²) in [5, 5.41) is 11.0. The maximum Gasteiger partial charge on any atom is 0.322 e. The van der Waals surface area contributed by atoms with E-state index in [4.69, 9.17) is 9.84 Å². The van der Waals surface area contributed by atoms with Crippen LogP contribution in [-0.4, -0.2) is 35.6 Å². The second-order valence-corrected chi connectivity index (χ2v) is 13.2. The van der Waals surface area contributed by atoms with Gasteiger partial charge in [0.2, 0.25) is 5.91 Å². The van der Waals surface area contributed by atoms with Crippen molar-refractivity contribution in [3.63, 3.8) is 0 Å². The summed E-state index contributed by atoms with van der Waals surface area (Å²) >= 11 is 0. The van der Waals surface area contributed by atoms with Crippen molar-refractivity contribution in [2.45, 2.75) is 193 Å². The highest BCUT2D eigenvalue weighted by molar-refractivity contribution is 5.80. The number of carboxylic acids is 1. The summed E-state index contributed by atoms with van der Waals surface area (Å²) in [5.41, 5.74) is 0. The van der Waals surface area contributed by atoms with Crippen LogP contribution in [0.25, 0.3) is 0 Å². The van der Waals surface area contributed by atoms with E-state index in [1.165, 1.54) is 77.0 Å². The first-order chi connectivity index (χ1) is 23.5. The van der Waals surface area contributed by atoms with Gasteiger partial charge in [-0.1, -0.05) is 146 Å². The molecule has 0 heterocycles. The van der Waals surface area contributed by atoms with Crippen molar-refractivity contribution in [2.75, 3.05) is 6.54 Å². The van der Waals surface area contributed by atoms with Crippen molar-refractivity contribution in [3.8, 4) is 0 Å². The molecule has 0 aromatic carbocycles. The standard InChI is InChI=1S/C42H73NO5/c1-3-5-7-9-10-11-12-13-14-15-16-17-18-19-20-21-22-23-24-25-26-27-33-37-42(47)48-39(34-30-8-6-4-2)35-31-28-29-32-36-40(44)43-38-41(45)46/h5,7,10-11,13-14,16-17,39H,3-4,6,8-9,12,15,18-38H2,1-2H3,(H,43,44)(H,45,46)/b7-5-,11-10-,14-13-,17-16-. The molecule has 0 saturated heterocycles. The Kier molecular flexibility index (Phi) is 35.2. The molecule has 0 aliphatic carbocycles. The molecule has 0 rings (SSSR count). The van der Waals surface area contributed by atoms with Gasteiger partial charge in [0, 0.05) is 12.8 Å². The fourth-order valence-electron chi connectivity index (χ4n) is 5.62. The lowest BCUT2D eigenvalue weighted by Gasteiger charge is -2.18. The predicted molar refractivity (Wildman–Crippen MR) is 203 cm³/mol. The van der Waals surface area contributed by atoms with Crippen LogP contribution in [-0.2, 0) is 19.1 Å². The van der Waals surface area contributed by atoms with Gasteiger partial charge in [-0.15, -0.1) is 0 Å². The van der Waals surface area contributed by atoms with Gasteiger partial charge in [-0.3, -0.25) is 14.4 Å². The number of nitrogens with one attached hydrogen (secondary N) is 1. The third-order valence-electron chi connectivity index (χ3n) is 8.52. The van der Waals surface area contributed by atoms with Gasteiger partial charge in [-0.25, -0.2) is 0 Å². The monoisotopic (exact) mass is 672 g/mol. The van der Waals surface area contributed by atoms with Crippen LogP contribution in [0.5, 0.6) is 0 Å². The number of amides is 1. The Morgan fingerprint density at radius 3 is 1.56 bits per heavy atom. The molecule has 6 nitrogen and oxygen atoms in total. The number of allylic oxidation sites excluding steroid dienone is 8. The van der Waals surface area contributed by atoms with Crippen LogP contribution in [0.3, 0.4) is 0 Å². The van der Waals surface area contributed by atoms with E-state index < -0.39 is 5.97 Å². The normalized spacial score (nSPS) is 12.5. The number of carboxylic acid groups (broad SMARTS) is 1. The summed E-state index contributed by atoms with van der Waals surface area (Å²) in [6.45, 7) is 4.05. The maximum atomic E-state index is 12.6. The Balaban J connectivity index is 3.79. The molecule has 0 fully saturated rings. The summed E-state index contributed by atoms with van der Waals surface area (Å²) < 4.78 is 5.91. The summed E-state index contributed by atoms with van der Waals surface area (Å²) in [7, 11) is 0. The summed E-state index contributed by atoms with van der Waals surface area (Å²) in [4.78, 5) is 34.7. The average Bonchev–Trinajstić information content (AvgIpc) is 3.07. The topological polar surface area (TPSA) is 92.7 Å². The molecule has 6 heteroatoms. The third kappa shape index (κ3) is 36.2. The number of rotatable bonds is 35. The Labute approximate surface area is 295 Å². The largest absolute Gasteiger partial charge is 0.480 e. The highest BCUT2D eigenvalue weighted by Gasteiger charge is 2.14. The molecule has 0 saturated carbocycles. The molecule has 48 heavy (non-hydrogen) atoms. The SMILES string of the molecule is CC/C=C\C/C=C\C/C=C\C/C=C\CCCCCCCCCCCCC(=O)OC(CCCCCC)CCCCCCC(=O)NCC(=O)O. The van der Waals surface area contributed by atoms with Crippen LogP contribution in [0.15, 0.2) is 48.6 Å². The fourth-order valence-corrected chi connectivity index (χ4v) is 5.62. The minimum Gasteiger partial charge on any atom is -0.480 e. The van der Waals surface area contributed by atoms with Crippen molar-refractivity contribution >= 4 is 17.8 Å². The lowest BCUT2D eigenvalue weighted by atomic mass is 10.0. The zero-order valence-electron chi connectivity index (χ0n) is 31.1. The molecular formula is C42H73NO5. The minimum absolute atomic E-state index is 0.00198. The smallest absolute Gasteiger partial charge is 0.322 e. The number of hydrogen-bond acceptors (Lipinski definition) is 4. The van der Waals surface area contributed by atoms with E-state index in [-0.39, 0.29) is 24.5 Å². The van der Waals surface area contributed by atoms with Gasteiger partial charge in [0.15, 0.2) is 0 Å². The Bertz CT molecular complexity index is 875. The van der Waals surface area contributed by atoms with E-state index in [9.17, 15) is 14.4 Å². The molecule has 1 atom stereocenters. The van der Waals surface area contributed by atoms with Crippen LogP contribution >= 0.6 is 0 Å². The summed E-state index contributed by atoms with van der Waals surface area (Å²) in [5.74, 6) is -1.28. The first kappa shape index (κ1) is 45.4. The van der Waals surface area contributed by atoms with Crippen molar-refractivity contribution < 1.29 is 24.2 Å². The van der Waals surface area contributed by atoms with Crippen molar-refractivity contribution in [2.24, 2.45) is 0 Å². The van der Waals surface area contributed by atoms with E-state index in [2.05, 4.69) is 67.8 Å². The number of carbonyl (C=O) groups excluding carboxylic acids is 2. The van der Waals surface area contributed by atoms with Crippen LogP contribution in [0.1, 0.15) is 187 Å². The number of carbonyl (C=O) groups is 3. The molecule has 1 amide bonds. The molecule has 0 aromatic heterocycles. The van der Waals surface area contributed by atoms with E-state index >= 15 is 0 Å². The second-order valence-electron chi connectivity index (χ2n) is 13.2. The zero-order valence-corrected chi connectivity index (χ0v) is 31.1. The minimum atomic E-state index is -1.02. The Hall–Kier alpha value is -2.63. The van der Waals surface area contributed by atoms with Crippen LogP contribution in [0.2, 0.25) is 0 Å². The number of hydrogen-bond donors (Lipinski definition) is 2. The van der Waals surface area contributed by atoms with Gasteiger partial charge in [0.1, 0.15) is 12.6 Å². The quantitative estimate of drug-likeness (QED) is 0.0397. The highest BCUT2D eigenvalue weighted by Crippen LogP contribution is 2.18. The van der Waals surface area contributed by atoms with Crippen LogP contribution in [0, 0.1) is 0 Å². The number of unbranched alkanes of at least 4 members (excludes halogenated alkanes) is 16. The predicted octanol–water partition coefficient (Wildman–Crippen LogP) is 11.9. The van der Waals surface area contributed by atoms with Gasteiger partial charge in [-0.05, 0) is 77.0 Å². The first-order valence-electron chi connectivity index (χ1n) is 19.8. The van der Waals surface area contributed by atoms with Gasteiger partial charge in [0.25, 0.3) is 0 Å². The van der Waals surface area contributed by atoms with Gasteiger partial charge in [-0.2, -0.15) is 0 Å². The molecule has 0 aliphatic heterocycles. The molecule has 0 spiro atoms. The van der Waals surface area contributed by atoms with Gasteiger partial charge in [0.05, 0.1) is 0 Å². The van der Waals surface area contributed by atoms with Gasteiger partial charge < -0.3 is 15.2 Å². The van der Waals surface area contributed by atoms with Crippen molar-refractivity contribution in [3.05, 3.63) is 48.6 Å². The Morgan fingerprint density at radius 1 is 0.562 bits per heavy atom. The van der Waals surface area contributed by atoms with Crippen LogP contribution in [0.4, 0.5) is 0 Å². The second kappa shape index (κ2) is 37.2. The molecule has 0 radical (unpaired) electrons. The van der Waals surface area contributed by atoms with Crippen LogP contribution < -0.4 is 5.32 Å². The lowest BCUT2D eigenvalue weighted by Crippen LogP contribution is -2.28. The maximum absolute atomic E-state index is 12.6. The highest BCUT2D eigenvalue weighted by atomic mass is 16.5. The van der Waals surface area contributed by atoms with Gasteiger partial charge >= 0.3 is 11.9 Å². The fraction of sp³-hybridized carbons (Fsp3) is 0.738. The molecule has 276 valence electrons. The molecule has 0 bridgehead atoms. The van der Waals surface area contributed by atoms with E-state index in [0.717, 1.165) is 83.5 Å². The Morgan fingerprint density at radius 2 is 1.02 bits per heavy atom. The van der Waals surface area contributed by atoms with E-state index in [1.807, 2.05) is 0 Å². The molecule has 0 aromatic rings. The summed E-state index contributed by atoms with van der Waals surface area (Å²) in [6, 6.07) is 0. The number of ether oxygens (including phenoxy) is 1. The molecule has 2 N–H and O–H groups in total. The number of esters is 1. The average molecular weight is 672 g/mol. The molecule has 0 aliphatic rings. The third-order valence-corrected chi connectivity index (χ3v) is 8.52. The summed E-state index contributed by atoms with van der Waals surface area (Å²) in [6.07, 6.45) is 46.9. The zero-order chi connectivity index (χ0) is 35.2. The number of aliphatic carboxylic acids is 1. The van der Waals surface area contributed by atoms with Crippen molar-refractivity contribution in [1.82, 2.24) is 5.32 Å².